The normalized spacial score (nSPS) is 26.7. The second-order valence-corrected chi connectivity index (χ2v) is 14.8. The molecule has 0 radical (unpaired) electrons. The second kappa shape index (κ2) is 10.1. The molecule has 2 heterocycles. The van der Waals surface area contributed by atoms with Crippen molar-refractivity contribution in [3.63, 3.8) is 0 Å². The minimum Gasteiger partial charge on any atom is -0.405 e. The molecule has 0 spiro atoms. The maximum atomic E-state index is 12.8. The SMILES string of the molecule is CO[C@@H]1C=CC(=O)[C@H]([C@@H]2OC(C)(C)O[C@H]2CO[Si](c2ccccc2)(c2ccccc2)C(C)(C)C)O1. The van der Waals surface area contributed by atoms with Crippen molar-refractivity contribution in [3.05, 3.63) is 72.8 Å². The van der Waals surface area contributed by atoms with Crippen LogP contribution < -0.4 is 10.4 Å². The van der Waals surface area contributed by atoms with E-state index >= 15 is 0 Å². The Morgan fingerprint density at radius 2 is 1.51 bits per heavy atom. The summed E-state index contributed by atoms with van der Waals surface area (Å²) in [7, 11) is -1.24. The number of rotatable bonds is 7. The fourth-order valence-corrected chi connectivity index (χ4v) is 9.69. The Morgan fingerprint density at radius 1 is 0.943 bits per heavy atom. The first-order valence-corrected chi connectivity index (χ1v) is 14.0. The summed E-state index contributed by atoms with van der Waals surface area (Å²) in [6.45, 7) is 10.6. The standard InChI is InChI=1S/C28H36O6Si/c1-27(2,3)35(20-13-9-7-10-14-20,21-15-11-8-12-16-21)31-19-23-26(34-28(4,5)33-23)25-22(29)17-18-24(30-6)32-25/h7-18,23-26H,19H2,1-6H3/t23-,24-,25+,26+/m0/s1. The van der Waals surface area contributed by atoms with Crippen molar-refractivity contribution < 1.29 is 28.2 Å². The van der Waals surface area contributed by atoms with Crippen LogP contribution in [0.1, 0.15) is 34.6 Å². The Bertz CT molecular complexity index is 991. The zero-order valence-electron chi connectivity index (χ0n) is 21.4. The van der Waals surface area contributed by atoms with Gasteiger partial charge in [0.15, 0.2) is 24.0 Å². The Morgan fingerprint density at radius 3 is 2.03 bits per heavy atom. The van der Waals surface area contributed by atoms with Crippen LogP contribution in [0.5, 0.6) is 0 Å². The summed E-state index contributed by atoms with van der Waals surface area (Å²) in [4.78, 5) is 12.8. The highest BCUT2D eigenvalue weighted by Gasteiger charge is 2.53. The Kier molecular flexibility index (Phi) is 7.48. The first-order chi connectivity index (χ1) is 16.6. The monoisotopic (exact) mass is 496 g/mol. The van der Waals surface area contributed by atoms with Crippen molar-refractivity contribution in [2.24, 2.45) is 0 Å². The van der Waals surface area contributed by atoms with Gasteiger partial charge in [0.25, 0.3) is 8.32 Å². The van der Waals surface area contributed by atoms with Crippen molar-refractivity contribution in [3.8, 4) is 0 Å². The van der Waals surface area contributed by atoms with E-state index < -0.39 is 38.7 Å². The molecule has 4 rings (SSSR count). The zero-order chi connectivity index (χ0) is 25.3. The van der Waals surface area contributed by atoms with Gasteiger partial charge in [0.05, 0.1) is 6.61 Å². The smallest absolute Gasteiger partial charge is 0.261 e. The molecule has 0 saturated carbocycles. The number of carbonyl (C=O) groups is 1. The number of carbonyl (C=O) groups excluding carboxylic acids is 1. The number of benzene rings is 2. The summed E-state index contributed by atoms with van der Waals surface area (Å²) in [6.07, 6.45) is 0.538. The lowest BCUT2D eigenvalue weighted by atomic mass is 10.0. The molecule has 0 bridgehead atoms. The van der Waals surface area contributed by atoms with E-state index in [-0.39, 0.29) is 17.4 Å². The van der Waals surface area contributed by atoms with E-state index in [4.69, 9.17) is 23.4 Å². The molecule has 0 aromatic heterocycles. The molecule has 0 unspecified atom stereocenters. The van der Waals surface area contributed by atoms with Crippen molar-refractivity contribution in [2.45, 2.75) is 70.0 Å². The van der Waals surface area contributed by atoms with E-state index in [1.165, 1.54) is 16.4 Å². The third-order valence-electron chi connectivity index (χ3n) is 6.61. The molecule has 35 heavy (non-hydrogen) atoms. The molecular weight excluding hydrogens is 460 g/mol. The van der Waals surface area contributed by atoms with Gasteiger partial charge in [0, 0.05) is 7.11 Å². The summed E-state index contributed by atoms with van der Waals surface area (Å²) < 4.78 is 30.8. The van der Waals surface area contributed by atoms with Gasteiger partial charge in [-0.25, -0.2) is 0 Å². The van der Waals surface area contributed by atoms with Gasteiger partial charge in [-0.15, -0.1) is 0 Å². The molecular formula is C28H36O6Si. The minimum atomic E-state index is -2.78. The molecule has 2 aromatic carbocycles. The van der Waals surface area contributed by atoms with Crippen molar-refractivity contribution >= 4 is 24.5 Å². The van der Waals surface area contributed by atoms with Gasteiger partial charge in [0.1, 0.15) is 12.2 Å². The molecule has 0 aliphatic carbocycles. The lowest BCUT2D eigenvalue weighted by molar-refractivity contribution is -0.190. The van der Waals surface area contributed by atoms with Gasteiger partial charge < -0.3 is 23.4 Å². The Hall–Kier alpha value is -2.13. The molecule has 0 amide bonds. The average molecular weight is 497 g/mol. The van der Waals surface area contributed by atoms with Crippen LogP contribution in [0.4, 0.5) is 0 Å². The maximum Gasteiger partial charge on any atom is 0.261 e. The van der Waals surface area contributed by atoms with Gasteiger partial charge in [-0.3, -0.25) is 4.79 Å². The highest BCUT2D eigenvalue weighted by molar-refractivity contribution is 6.99. The van der Waals surface area contributed by atoms with E-state index in [1.807, 2.05) is 26.0 Å². The highest BCUT2D eigenvalue weighted by atomic mass is 28.4. The quantitative estimate of drug-likeness (QED) is 0.546. The summed E-state index contributed by atoms with van der Waals surface area (Å²) in [6, 6.07) is 20.9. The van der Waals surface area contributed by atoms with Gasteiger partial charge in [0.2, 0.25) is 0 Å². The van der Waals surface area contributed by atoms with Gasteiger partial charge in [-0.2, -0.15) is 0 Å². The fourth-order valence-electron chi connectivity index (χ4n) is 5.12. The van der Waals surface area contributed by atoms with Crippen LogP contribution in [0.2, 0.25) is 5.04 Å². The molecule has 2 aliphatic rings. The van der Waals surface area contributed by atoms with Crippen LogP contribution >= 0.6 is 0 Å². The van der Waals surface area contributed by atoms with Gasteiger partial charge in [-0.05, 0) is 41.4 Å². The first kappa shape index (κ1) is 25.9. The predicted octanol–water partition coefficient (Wildman–Crippen LogP) is 3.58. The summed E-state index contributed by atoms with van der Waals surface area (Å²) >= 11 is 0. The number of hydrogen-bond acceptors (Lipinski definition) is 6. The fraction of sp³-hybridized carbons (Fsp3) is 0.464. The zero-order valence-corrected chi connectivity index (χ0v) is 22.4. The lowest BCUT2D eigenvalue weighted by Gasteiger charge is -2.43. The van der Waals surface area contributed by atoms with E-state index in [9.17, 15) is 4.79 Å². The average Bonchev–Trinajstić information content (AvgIpc) is 3.14. The van der Waals surface area contributed by atoms with E-state index in [0.29, 0.717) is 0 Å². The topological polar surface area (TPSA) is 63.2 Å². The summed E-state index contributed by atoms with van der Waals surface area (Å²) in [5.74, 6) is -1.04. The van der Waals surface area contributed by atoms with Crippen molar-refractivity contribution in [1.82, 2.24) is 0 Å². The largest absolute Gasteiger partial charge is 0.405 e. The third kappa shape index (κ3) is 5.21. The van der Waals surface area contributed by atoms with E-state index in [0.717, 1.165) is 0 Å². The van der Waals surface area contributed by atoms with Crippen molar-refractivity contribution in [2.75, 3.05) is 13.7 Å². The third-order valence-corrected chi connectivity index (χ3v) is 11.6. The second-order valence-electron chi connectivity index (χ2n) is 10.5. The van der Waals surface area contributed by atoms with Crippen LogP contribution in [0.25, 0.3) is 0 Å². The molecule has 7 heteroatoms. The lowest BCUT2D eigenvalue weighted by Crippen LogP contribution is -2.67. The summed E-state index contributed by atoms with van der Waals surface area (Å²) in [5, 5.41) is 2.18. The predicted molar refractivity (Wildman–Crippen MR) is 137 cm³/mol. The molecule has 1 fully saturated rings. The Balaban J connectivity index is 1.70. The van der Waals surface area contributed by atoms with Crippen LogP contribution in [-0.4, -0.2) is 58.2 Å². The number of methoxy groups -OCH3 is 1. The van der Waals surface area contributed by atoms with Gasteiger partial charge >= 0.3 is 0 Å². The maximum absolute atomic E-state index is 12.8. The molecule has 1 saturated heterocycles. The number of ketones is 1. The molecule has 2 aromatic rings. The number of hydrogen-bond donors (Lipinski definition) is 0. The first-order valence-electron chi connectivity index (χ1n) is 12.1. The molecule has 6 nitrogen and oxygen atoms in total. The Labute approximate surface area is 209 Å². The van der Waals surface area contributed by atoms with Crippen LogP contribution in [0, 0.1) is 0 Å². The van der Waals surface area contributed by atoms with Crippen molar-refractivity contribution in [1.29, 1.82) is 0 Å². The molecule has 0 N–H and O–H groups in total. The molecule has 188 valence electrons. The van der Waals surface area contributed by atoms with E-state index in [2.05, 4.69) is 69.3 Å². The van der Waals surface area contributed by atoms with Crippen LogP contribution in [0.3, 0.4) is 0 Å². The number of ether oxygens (including phenoxy) is 4. The summed E-state index contributed by atoms with van der Waals surface area (Å²) in [5.41, 5.74) is 0. The molecule has 2 aliphatic heterocycles. The van der Waals surface area contributed by atoms with Crippen LogP contribution in [-0.2, 0) is 28.2 Å². The highest BCUT2D eigenvalue weighted by Crippen LogP contribution is 2.39. The minimum absolute atomic E-state index is 0.167. The van der Waals surface area contributed by atoms with Gasteiger partial charge in [-0.1, -0.05) is 81.4 Å². The molecule has 4 atom stereocenters. The van der Waals surface area contributed by atoms with Crippen LogP contribution in [0.15, 0.2) is 72.8 Å². The van der Waals surface area contributed by atoms with E-state index in [1.54, 1.807) is 13.2 Å².